The number of carbonyl (C=O) groups is 2. The van der Waals surface area contributed by atoms with Crippen LogP contribution in [0.4, 0.5) is 4.39 Å². The lowest BCUT2D eigenvalue weighted by Crippen LogP contribution is -2.53. The molecule has 1 aromatic rings. The minimum Gasteiger partial charge on any atom is -0.352 e. The summed E-state index contributed by atoms with van der Waals surface area (Å²) < 4.78 is 13.6. The zero-order valence-electron chi connectivity index (χ0n) is 13.4. The van der Waals surface area contributed by atoms with Crippen LogP contribution < -0.4 is 16.4 Å². The molecule has 1 rings (SSSR count). The van der Waals surface area contributed by atoms with Gasteiger partial charge in [-0.05, 0) is 31.9 Å². The fourth-order valence-corrected chi connectivity index (χ4v) is 1.82. The molecular weight excluding hydrogens is 285 g/mol. The Morgan fingerprint density at radius 1 is 1.27 bits per heavy atom. The summed E-state index contributed by atoms with van der Waals surface area (Å²) >= 11 is 0. The number of rotatable bonds is 6. The summed E-state index contributed by atoms with van der Waals surface area (Å²) in [7, 11) is 0. The van der Waals surface area contributed by atoms with Crippen molar-refractivity contribution in [3.63, 3.8) is 0 Å². The Balaban J connectivity index is 2.78. The van der Waals surface area contributed by atoms with E-state index in [1.54, 1.807) is 33.8 Å². The number of nitrogens with one attached hydrogen (secondary N) is 2. The quantitative estimate of drug-likeness (QED) is 0.743. The molecule has 5 nitrogen and oxygen atoms in total. The molecule has 1 atom stereocenters. The average molecular weight is 309 g/mol. The second-order valence-corrected chi connectivity index (χ2v) is 6.38. The van der Waals surface area contributed by atoms with E-state index in [0.29, 0.717) is 0 Å². The Bertz CT molecular complexity index is 538. The van der Waals surface area contributed by atoms with Crippen LogP contribution >= 0.6 is 0 Å². The van der Waals surface area contributed by atoms with Crippen molar-refractivity contribution < 1.29 is 14.0 Å². The zero-order chi connectivity index (χ0) is 16.9. The van der Waals surface area contributed by atoms with Gasteiger partial charge in [-0.2, -0.15) is 0 Å². The number of amides is 2. The number of hydrogen-bond donors (Lipinski definition) is 3. The fourth-order valence-electron chi connectivity index (χ4n) is 1.82. The predicted octanol–water partition coefficient (Wildman–Crippen LogP) is 1.43. The molecule has 1 aromatic carbocycles. The maximum absolute atomic E-state index is 13.6. The first-order valence-corrected chi connectivity index (χ1v) is 7.24. The molecule has 0 aliphatic rings. The van der Waals surface area contributed by atoms with Gasteiger partial charge in [-0.15, -0.1) is 0 Å². The van der Waals surface area contributed by atoms with Crippen LogP contribution in [0.25, 0.3) is 0 Å². The molecule has 0 aromatic heterocycles. The van der Waals surface area contributed by atoms with Gasteiger partial charge >= 0.3 is 0 Å². The van der Waals surface area contributed by atoms with Crippen molar-refractivity contribution in [2.75, 3.05) is 6.54 Å². The lowest BCUT2D eigenvalue weighted by molar-refractivity contribution is -0.124. The maximum atomic E-state index is 13.6. The van der Waals surface area contributed by atoms with Gasteiger partial charge in [-0.3, -0.25) is 9.59 Å². The third-order valence-corrected chi connectivity index (χ3v) is 3.07. The molecule has 1 unspecified atom stereocenters. The van der Waals surface area contributed by atoms with Crippen LogP contribution in [0.1, 0.15) is 38.1 Å². The average Bonchev–Trinajstić information content (AvgIpc) is 2.41. The predicted molar refractivity (Wildman–Crippen MR) is 83.8 cm³/mol. The molecule has 0 fully saturated rings. The smallest absolute Gasteiger partial charge is 0.254 e. The van der Waals surface area contributed by atoms with E-state index in [1.165, 1.54) is 18.2 Å². The van der Waals surface area contributed by atoms with E-state index in [2.05, 4.69) is 10.6 Å². The Kier molecular flexibility index (Phi) is 6.05. The van der Waals surface area contributed by atoms with Gasteiger partial charge in [0.05, 0.1) is 5.56 Å². The van der Waals surface area contributed by atoms with Crippen molar-refractivity contribution in [2.45, 2.75) is 39.3 Å². The van der Waals surface area contributed by atoms with E-state index in [-0.39, 0.29) is 23.9 Å². The molecule has 0 saturated heterocycles. The summed E-state index contributed by atoms with van der Waals surface area (Å²) in [5.41, 5.74) is 5.19. The molecule has 0 aliphatic heterocycles. The van der Waals surface area contributed by atoms with Gasteiger partial charge in [-0.1, -0.05) is 26.0 Å². The van der Waals surface area contributed by atoms with Crippen LogP contribution in [0.2, 0.25) is 0 Å². The second-order valence-electron chi connectivity index (χ2n) is 6.38. The highest BCUT2D eigenvalue weighted by molar-refractivity contribution is 5.97. The Hall–Kier alpha value is -1.95. The van der Waals surface area contributed by atoms with E-state index in [9.17, 15) is 14.0 Å². The largest absolute Gasteiger partial charge is 0.352 e. The minimum absolute atomic E-state index is 0.0832. The molecule has 0 bridgehead atoms. The monoisotopic (exact) mass is 309 g/mol. The highest BCUT2D eigenvalue weighted by atomic mass is 19.1. The van der Waals surface area contributed by atoms with Crippen LogP contribution in [-0.4, -0.2) is 29.9 Å². The lowest BCUT2D eigenvalue weighted by atomic mass is 10.0. The van der Waals surface area contributed by atoms with E-state index >= 15 is 0 Å². The normalized spacial score (nSPS) is 12.9. The van der Waals surface area contributed by atoms with Crippen molar-refractivity contribution in [3.8, 4) is 0 Å². The van der Waals surface area contributed by atoms with E-state index in [1.807, 2.05) is 0 Å². The van der Waals surface area contributed by atoms with Crippen LogP contribution in [0, 0.1) is 11.7 Å². The lowest BCUT2D eigenvalue weighted by Gasteiger charge is -2.25. The van der Waals surface area contributed by atoms with Gasteiger partial charge in [0, 0.05) is 12.1 Å². The molecule has 0 heterocycles. The minimum atomic E-state index is -0.755. The van der Waals surface area contributed by atoms with Crippen LogP contribution in [0.5, 0.6) is 0 Å². The van der Waals surface area contributed by atoms with Crippen LogP contribution in [0.3, 0.4) is 0 Å². The molecule has 6 heteroatoms. The Labute approximate surface area is 130 Å². The summed E-state index contributed by atoms with van der Waals surface area (Å²) in [6, 6.07) is 4.90. The van der Waals surface area contributed by atoms with Gasteiger partial charge in [0.25, 0.3) is 5.91 Å². The number of hydrogen-bond acceptors (Lipinski definition) is 3. The highest BCUT2D eigenvalue weighted by Crippen LogP contribution is 2.09. The van der Waals surface area contributed by atoms with E-state index in [0.717, 1.165) is 0 Å². The zero-order valence-corrected chi connectivity index (χ0v) is 13.4. The number of carbonyl (C=O) groups excluding carboxylic acids is 2. The van der Waals surface area contributed by atoms with Crippen molar-refractivity contribution in [2.24, 2.45) is 11.7 Å². The summed E-state index contributed by atoms with van der Waals surface area (Å²) in [4.78, 5) is 24.3. The summed E-state index contributed by atoms with van der Waals surface area (Å²) in [5.74, 6) is -1.71. The third-order valence-electron chi connectivity index (χ3n) is 3.07. The van der Waals surface area contributed by atoms with E-state index < -0.39 is 23.3 Å². The first-order chi connectivity index (χ1) is 10.1. The van der Waals surface area contributed by atoms with Crippen molar-refractivity contribution in [1.29, 1.82) is 0 Å². The molecular formula is C16H24FN3O2. The summed E-state index contributed by atoms with van der Waals surface area (Å²) in [6.45, 7) is 7.47. The van der Waals surface area contributed by atoms with Crippen molar-refractivity contribution >= 4 is 11.8 Å². The molecule has 0 spiro atoms. The van der Waals surface area contributed by atoms with Crippen LogP contribution in [-0.2, 0) is 4.79 Å². The maximum Gasteiger partial charge on any atom is 0.254 e. The molecule has 0 radical (unpaired) electrons. The second kappa shape index (κ2) is 7.35. The molecule has 22 heavy (non-hydrogen) atoms. The molecule has 4 N–H and O–H groups in total. The SMILES string of the molecule is CC(C)C(NC(=O)c1ccccc1F)C(=O)NCC(C)(C)N. The first kappa shape index (κ1) is 18.1. The Morgan fingerprint density at radius 3 is 2.36 bits per heavy atom. The standard InChI is InChI=1S/C16H24FN3O2/c1-10(2)13(15(22)19-9-16(3,4)18)20-14(21)11-7-5-6-8-12(11)17/h5-8,10,13H,9,18H2,1-4H3,(H,19,22)(H,20,21). The molecule has 122 valence electrons. The van der Waals surface area contributed by atoms with Crippen LogP contribution in [0.15, 0.2) is 24.3 Å². The number of benzene rings is 1. The van der Waals surface area contributed by atoms with Gasteiger partial charge in [0.1, 0.15) is 11.9 Å². The van der Waals surface area contributed by atoms with Crippen molar-refractivity contribution in [1.82, 2.24) is 10.6 Å². The first-order valence-electron chi connectivity index (χ1n) is 7.24. The highest BCUT2D eigenvalue weighted by Gasteiger charge is 2.26. The summed E-state index contributed by atoms with van der Waals surface area (Å²) in [6.07, 6.45) is 0. The van der Waals surface area contributed by atoms with Gasteiger partial charge < -0.3 is 16.4 Å². The number of nitrogens with two attached hydrogens (primary N) is 1. The van der Waals surface area contributed by atoms with Gasteiger partial charge in [0.2, 0.25) is 5.91 Å². The Morgan fingerprint density at radius 2 is 1.86 bits per heavy atom. The molecule has 2 amide bonds. The van der Waals surface area contributed by atoms with E-state index in [4.69, 9.17) is 5.73 Å². The van der Waals surface area contributed by atoms with Crippen molar-refractivity contribution in [3.05, 3.63) is 35.6 Å². The number of halogens is 1. The van der Waals surface area contributed by atoms with Gasteiger partial charge in [-0.25, -0.2) is 4.39 Å². The topological polar surface area (TPSA) is 84.2 Å². The summed E-state index contributed by atoms with van der Waals surface area (Å²) in [5, 5.41) is 5.28. The fraction of sp³-hybridized carbons (Fsp3) is 0.500. The molecule has 0 aliphatic carbocycles. The third kappa shape index (κ3) is 5.44. The molecule has 0 saturated carbocycles. The van der Waals surface area contributed by atoms with Gasteiger partial charge in [0.15, 0.2) is 0 Å².